The Morgan fingerprint density at radius 3 is 1.27 bits per heavy atom. The molecule has 1 heterocycles. The number of aromatic nitrogens is 2. The molecule has 0 spiro atoms. The van der Waals surface area contributed by atoms with E-state index in [0.29, 0.717) is 37.7 Å². The van der Waals surface area contributed by atoms with Crippen molar-refractivity contribution in [3.63, 3.8) is 0 Å². The van der Waals surface area contributed by atoms with Gasteiger partial charge in [0.2, 0.25) is 88.6 Å². The van der Waals surface area contributed by atoms with Crippen molar-refractivity contribution in [2.75, 3.05) is 13.2 Å². The fraction of sp³-hybridized carbons (Fsp3) is 0.597. The van der Waals surface area contributed by atoms with Crippen molar-refractivity contribution in [1.29, 1.82) is 0 Å². The number of primary amides is 2. The van der Waals surface area contributed by atoms with E-state index in [4.69, 9.17) is 17.2 Å². The van der Waals surface area contributed by atoms with Gasteiger partial charge in [-0.3, -0.25) is 76.7 Å². The van der Waals surface area contributed by atoms with Crippen molar-refractivity contribution in [3.8, 4) is 5.75 Å². The highest BCUT2D eigenvalue weighted by atomic mass is 19.1. The first-order valence-corrected chi connectivity index (χ1v) is 39.0. The van der Waals surface area contributed by atoms with Crippen LogP contribution in [0, 0.1) is 17.7 Å². The van der Waals surface area contributed by atoms with Crippen LogP contribution < -0.4 is 86.3 Å². The number of hydrogen-bond donors (Lipinski definition) is 22. The Bertz CT molecular complexity index is 3780. The number of nitrogens with one attached hydrogen (secondary N) is 14. The predicted molar refractivity (Wildman–Crippen MR) is 421 cm³/mol. The molecule has 15 amide bonds. The number of aliphatic carboxylic acids is 1. The fourth-order valence-electron chi connectivity index (χ4n) is 12.1. The van der Waals surface area contributed by atoms with Crippen molar-refractivity contribution in [1.82, 2.24) is 79.1 Å². The van der Waals surface area contributed by atoms with Gasteiger partial charge in [-0.2, -0.15) is 0 Å². The Morgan fingerprint density at radius 2 is 0.829 bits per heavy atom. The quantitative estimate of drug-likeness (QED) is 0.0245. The molecule has 0 aliphatic carbocycles. The number of halogens is 1. The number of hydrogen-bond acceptors (Lipinski definition) is 22. The number of amides is 15. The van der Waals surface area contributed by atoms with E-state index in [1.165, 1.54) is 62.8 Å². The van der Waals surface area contributed by atoms with E-state index in [0.717, 1.165) is 38.8 Å². The molecule has 40 heteroatoms. The summed E-state index contributed by atoms with van der Waals surface area (Å²) in [7, 11) is 0. The Morgan fingerprint density at radius 1 is 0.444 bits per heavy atom. The topological polar surface area (TPSA) is 637 Å². The fourth-order valence-corrected chi connectivity index (χ4v) is 12.1. The first-order valence-electron chi connectivity index (χ1n) is 39.0. The zero-order valence-corrected chi connectivity index (χ0v) is 67.6. The van der Waals surface area contributed by atoms with Gasteiger partial charge in [0, 0.05) is 50.9 Å². The number of rotatable bonds is 55. The van der Waals surface area contributed by atoms with Crippen LogP contribution in [0.3, 0.4) is 0 Å². The number of phenolic OH excluding ortho intramolecular Hbond substituents is 1. The summed E-state index contributed by atoms with van der Waals surface area (Å²) in [4.78, 5) is 227. The number of benzene rings is 2. The second-order valence-corrected chi connectivity index (χ2v) is 29.7. The first kappa shape index (κ1) is 99.9. The maximum Gasteiger partial charge on any atom is 0.303 e. The number of nitrogens with two attached hydrogens (primary N) is 3. The van der Waals surface area contributed by atoms with Crippen molar-refractivity contribution in [2.24, 2.45) is 29.0 Å². The summed E-state index contributed by atoms with van der Waals surface area (Å²) in [5, 5.41) is 83.9. The number of nitrogens with zero attached hydrogens (tertiary/aromatic N) is 1. The Labute approximate surface area is 677 Å². The molecule has 650 valence electrons. The van der Waals surface area contributed by atoms with Crippen LogP contribution in [-0.4, -0.2) is 234 Å². The highest BCUT2D eigenvalue weighted by molar-refractivity contribution is 6.00. The smallest absolute Gasteiger partial charge is 0.303 e. The van der Waals surface area contributed by atoms with Crippen LogP contribution in [0.5, 0.6) is 5.75 Å². The molecule has 0 radical (unpaired) electrons. The van der Waals surface area contributed by atoms with Gasteiger partial charge in [0.1, 0.15) is 90.1 Å². The number of carbonyl (C=O) groups excluding carboxylic acids is 15. The summed E-state index contributed by atoms with van der Waals surface area (Å²) in [6.45, 7) is 12.8. The van der Waals surface area contributed by atoms with Gasteiger partial charge in [-0.25, -0.2) is 9.37 Å². The summed E-state index contributed by atoms with van der Waals surface area (Å²) in [6.07, 6.45) is -0.385. The van der Waals surface area contributed by atoms with E-state index in [1.807, 2.05) is 6.92 Å². The van der Waals surface area contributed by atoms with Crippen molar-refractivity contribution in [3.05, 3.63) is 83.7 Å². The van der Waals surface area contributed by atoms with Gasteiger partial charge in [0.15, 0.2) is 0 Å². The second kappa shape index (κ2) is 51.6. The summed E-state index contributed by atoms with van der Waals surface area (Å²) < 4.78 is 14.2. The van der Waals surface area contributed by atoms with Gasteiger partial charge in [0.05, 0.1) is 25.1 Å². The molecule has 0 saturated heterocycles. The number of phenols is 1. The normalized spacial score (nSPS) is 15.1. The monoisotopic (exact) mass is 1650 g/mol. The number of unbranched alkanes of at least 4 members (excludes halogenated alkanes) is 5. The molecule has 0 aliphatic heterocycles. The third-order valence-electron chi connectivity index (χ3n) is 18.5. The minimum atomic E-state index is -1.85. The molecule has 0 unspecified atom stereocenters. The largest absolute Gasteiger partial charge is 0.508 e. The third-order valence-corrected chi connectivity index (χ3v) is 18.5. The van der Waals surface area contributed by atoms with Crippen molar-refractivity contribution >= 4 is 94.6 Å². The average Bonchev–Trinajstić information content (AvgIpc) is 1.08. The molecule has 25 N–H and O–H groups in total. The number of carboxylic acids is 1. The minimum Gasteiger partial charge on any atom is -0.508 e. The highest BCUT2D eigenvalue weighted by Gasteiger charge is 2.39. The number of imidazole rings is 1. The number of aromatic hydroxyl groups is 1. The molecule has 39 nitrogen and oxygen atoms in total. The molecule has 0 aliphatic rings. The van der Waals surface area contributed by atoms with Gasteiger partial charge in [0.25, 0.3) is 0 Å². The average molecular weight is 1650 g/mol. The molecule has 3 rings (SSSR count). The number of carbonyl (C=O) groups is 16. The van der Waals surface area contributed by atoms with Crippen LogP contribution in [0.2, 0.25) is 0 Å². The summed E-state index contributed by atoms with van der Waals surface area (Å²) >= 11 is 0. The number of aliphatic hydroxyl groups excluding tert-OH is 3. The molecule has 1 aromatic heterocycles. The second-order valence-electron chi connectivity index (χ2n) is 29.7. The van der Waals surface area contributed by atoms with Gasteiger partial charge in [-0.1, -0.05) is 91.0 Å². The summed E-state index contributed by atoms with van der Waals surface area (Å²) in [5.41, 5.74) is 17.3. The van der Waals surface area contributed by atoms with E-state index < -0.39 is 236 Å². The zero-order chi connectivity index (χ0) is 87.8. The Hall–Kier alpha value is -11.3. The van der Waals surface area contributed by atoms with Crippen LogP contribution >= 0.6 is 0 Å². The lowest BCUT2D eigenvalue weighted by Crippen LogP contribution is -2.62. The first-order chi connectivity index (χ1) is 55.2. The maximum atomic E-state index is 15.0. The molecule has 15 atom stereocenters. The van der Waals surface area contributed by atoms with E-state index in [2.05, 4.69) is 79.1 Å². The lowest BCUT2D eigenvalue weighted by atomic mass is 10.0. The molecule has 3 aromatic rings. The Balaban J connectivity index is 2.03. The van der Waals surface area contributed by atoms with Crippen LogP contribution in [-0.2, 0) is 96.0 Å². The van der Waals surface area contributed by atoms with E-state index in [9.17, 15) is 97.0 Å². The van der Waals surface area contributed by atoms with E-state index in [-0.39, 0.29) is 67.5 Å². The van der Waals surface area contributed by atoms with Crippen molar-refractivity contribution < 1.29 is 107 Å². The molecule has 0 saturated carbocycles. The predicted octanol–water partition coefficient (Wildman–Crippen LogP) is -3.42. The van der Waals surface area contributed by atoms with Gasteiger partial charge in [-0.15, -0.1) is 0 Å². The third kappa shape index (κ3) is 37.5. The zero-order valence-electron chi connectivity index (χ0n) is 67.6. The number of H-pyrrole nitrogens is 1. The standard InChI is InChI=1S/C77H119FN18O21/c1-10-11-12-13-14-18-52(67(107)84-42(6)66(106)87-53(27-29-61(80)102)68(108)90-56(33-41(4)5)74(114)96-64(44(8)99)77(117)94-60(38-97)75(115)86-51(65(81)105)17-15-16-31-79)88-70(110)57(35-47-21-25-50(101)26-22-47)91-72(112)59(36-49-37-82-39-83-49)92-69(109)54(28-30-62(103)104)89-71(111)58(34-46-19-23-48(78)24-20-46)93-76(116)63(43(7)98)95-73(113)55(32-40(2)3)85-45(9)100/h19-26,37,39-44,51-60,63-64,97-99,101H,10-18,27-36,38,79H2,1-9H3,(H2,80,102)(H2,81,105)(H,82,83)(H,84,107)(H,85,100)(H,86,115)(H,87,106)(H,88,110)(H,89,111)(H,90,108)(H,91,112)(H,92,109)(H,93,116)(H,94,117)(H,95,113)(H,96,114)(H,103,104)/t42-,43+,44+,51-,52-,53-,54-,55-,56-,57-,58-,59-,60-,63-,64-/m0/s1. The van der Waals surface area contributed by atoms with Crippen molar-refractivity contribution in [2.45, 2.75) is 269 Å². The van der Waals surface area contributed by atoms with Crippen LogP contribution in [0.4, 0.5) is 4.39 Å². The number of aliphatic hydroxyl groups is 3. The lowest BCUT2D eigenvalue weighted by Gasteiger charge is -2.29. The van der Waals surface area contributed by atoms with Gasteiger partial charge >= 0.3 is 5.97 Å². The number of aromatic amines is 1. The maximum absolute atomic E-state index is 15.0. The van der Waals surface area contributed by atoms with Crippen LogP contribution in [0.1, 0.15) is 175 Å². The van der Waals surface area contributed by atoms with Gasteiger partial charge in [-0.05, 0) is 126 Å². The summed E-state index contributed by atoms with van der Waals surface area (Å²) in [6, 6.07) is -10.8. The van der Waals surface area contributed by atoms with Crippen LogP contribution in [0.15, 0.2) is 61.1 Å². The van der Waals surface area contributed by atoms with Gasteiger partial charge < -0.3 is 117 Å². The molecule has 2 aromatic carbocycles. The Kier molecular flexibility index (Phi) is 44.1. The molecule has 0 bridgehead atoms. The molecule has 117 heavy (non-hydrogen) atoms. The SMILES string of the molecule is CCCCCCC[C@H](NC(=O)[C@H](Cc1ccc(O)cc1)NC(=O)[C@H](Cc1cnc[nH]1)NC(=O)[C@H](CCC(=O)O)NC(=O)[C@H](Cc1ccc(F)cc1)NC(=O)[C@@H](NC(=O)[C@H](CC(C)C)NC(C)=O)[C@@H](C)O)C(=O)N[C@@H](C)C(=O)N[C@@H](CCC(N)=O)C(=O)N[C@@H](CC(C)C)C(=O)N[C@H](C(=O)N[C@@H](CO)C(=O)N[C@@H](CCCCN)C(N)=O)[C@@H](C)O. The molecular weight excluding hydrogens is 1530 g/mol. The number of carboxylic acid groups (broad SMARTS) is 1. The molecule has 0 fully saturated rings. The summed E-state index contributed by atoms with van der Waals surface area (Å²) in [5.74, 6) is -18.0. The minimum absolute atomic E-state index is 0.0758. The van der Waals surface area contributed by atoms with E-state index >= 15 is 9.59 Å². The van der Waals surface area contributed by atoms with Crippen LogP contribution in [0.25, 0.3) is 0 Å². The molecular formula is C77H119FN18O21. The lowest BCUT2D eigenvalue weighted by molar-refractivity contribution is -0.139. The highest BCUT2D eigenvalue weighted by Crippen LogP contribution is 2.17. The van der Waals surface area contributed by atoms with E-state index in [1.54, 1.807) is 27.7 Å².